The lowest BCUT2D eigenvalue weighted by Gasteiger charge is -2.27. The van der Waals surface area contributed by atoms with Crippen LogP contribution in [-0.4, -0.2) is 23.6 Å². The minimum absolute atomic E-state index is 0.0480. The van der Waals surface area contributed by atoms with Gasteiger partial charge in [0.2, 0.25) is 0 Å². The van der Waals surface area contributed by atoms with Gasteiger partial charge in [0, 0.05) is 11.5 Å². The van der Waals surface area contributed by atoms with Crippen molar-refractivity contribution in [2.24, 2.45) is 11.8 Å². The molecule has 1 aromatic carbocycles. The maximum absolute atomic E-state index is 12.2. The van der Waals surface area contributed by atoms with Crippen LogP contribution in [0.3, 0.4) is 0 Å². The summed E-state index contributed by atoms with van der Waals surface area (Å²) in [6.07, 6.45) is 1.69. The van der Waals surface area contributed by atoms with E-state index in [2.05, 4.69) is 38.2 Å². The first-order chi connectivity index (χ1) is 10.3. The van der Waals surface area contributed by atoms with Crippen LogP contribution in [0.25, 0.3) is 0 Å². The molecule has 3 nitrogen and oxygen atoms in total. The van der Waals surface area contributed by atoms with Crippen LogP contribution >= 0.6 is 12.2 Å². The number of carbonyl (C=O) groups excluding carboxylic acids is 1. The standard InChI is InChI=1S/C18H25NO2S/c1-18(2,3)19-16(22)14-10-13(11-15(14)17(20)21-4)12-8-6-5-7-9-12/h5-9,13-15H,10-11H2,1-4H3,(H,19,22)/t13-,14+,15-/m1/s1. The molecular weight excluding hydrogens is 294 g/mol. The van der Waals surface area contributed by atoms with Gasteiger partial charge in [0.15, 0.2) is 0 Å². The Bertz CT molecular complexity index is 536. The van der Waals surface area contributed by atoms with Gasteiger partial charge in [0.25, 0.3) is 0 Å². The Balaban J connectivity index is 2.19. The fourth-order valence-electron chi connectivity index (χ4n) is 3.20. The molecule has 0 bridgehead atoms. The van der Waals surface area contributed by atoms with Crippen molar-refractivity contribution in [1.29, 1.82) is 0 Å². The molecule has 1 aliphatic rings. The minimum Gasteiger partial charge on any atom is -0.469 e. The lowest BCUT2D eigenvalue weighted by molar-refractivity contribution is -0.145. The highest BCUT2D eigenvalue weighted by Gasteiger charge is 2.42. The molecule has 0 unspecified atom stereocenters. The first-order valence-electron chi connectivity index (χ1n) is 7.76. The van der Waals surface area contributed by atoms with Gasteiger partial charge in [-0.25, -0.2) is 0 Å². The second-order valence-corrected chi connectivity index (χ2v) is 7.49. The first-order valence-corrected chi connectivity index (χ1v) is 8.17. The van der Waals surface area contributed by atoms with Crippen LogP contribution in [0, 0.1) is 11.8 Å². The average molecular weight is 319 g/mol. The number of hydrogen-bond donors (Lipinski definition) is 1. The molecule has 1 N–H and O–H groups in total. The summed E-state index contributed by atoms with van der Waals surface area (Å²) >= 11 is 5.59. The molecule has 120 valence electrons. The summed E-state index contributed by atoms with van der Waals surface area (Å²) in [4.78, 5) is 12.9. The maximum Gasteiger partial charge on any atom is 0.309 e. The lowest BCUT2D eigenvalue weighted by Crippen LogP contribution is -2.44. The molecule has 0 radical (unpaired) electrons. The molecule has 2 rings (SSSR count). The summed E-state index contributed by atoms with van der Waals surface area (Å²) in [5, 5.41) is 3.37. The monoisotopic (exact) mass is 319 g/mol. The van der Waals surface area contributed by atoms with E-state index in [0.29, 0.717) is 5.92 Å². The van der Waals surface area contributed by atoms with Crippen LogP contribution in [-0.2, 0) is 9.53 Å². The van der Waals surface area contributed by atoms with Gasteiger partial charge in [-0.2, -0.15) is 0 Å². The van der Waals surface area contributed by atoms with E-state index >= 15 is 0 Å². The number of benzene rings is 1. The Morgan fingerprint density at radius 1 is 1.18 bits per heavy atom. The molecule has 0 aliphatic heterocycles. The summed E-state index contributed by atoms with van der Waals surface area (Å²) in [7, 11) is 1.45. The number of rotatable bonds is 3. The van der Waals surface area contributed by atoms with Gasteiger partial charge in [0.1, 0.15) is 0 Å². The zero-order chi connectivity index (χ0) is 16.3. The summed E-state index contributed by atoms with van der Waals surface area (Å²) in [5.74, 6) is 0.0981. The number of esters is 1. The van der Waals surface area contributed by atoms with Gasteiger partial charge in [-0.05, 0) is 45.1 Å². The topological polar surface area (TPSA) is 38.3 Å². The Morgan fingerprint density at radius 2 is 1.77 bits per heavy atom. The largest absolute Gasteiger partial charge is 0.469 e. The SMILES string of the molecule is COC(=O)[C@@H]1C[C@H](c2ccccc2)C[C@@H]1C(=S)NC(C)(C)C. The Kier molecular flexibility index (Phi) is 5.22. The Hall–Kier alpha value is -1.42. The molecule has 22 heavy (non-hydrogen) atoms. The van der Waals surface area contributed by atoms with Crippen LogP contribution < -0.4 is 5.32 Å². The third-order valence-electron chi connectivity index (χ3n) is 4.17. The predicted octanol–water partition coefficient (Wildman–Crippen LogP) is 3.68. The predicted molar refractivity (Wildman–Crippen MR) is 92.9 cm³/mol. The van der Waals surface area contributed by atoms with Gasteiger partial charge < -0.3 is 10.1 Å². The van der Waals surface area contributed by atoms with E-state index in [1.165, 1.54) is 12.7 Å². The number of methoxy groups -OCH3 is 1. The van der Waals surface area contributed by atoms with Crippen molar-refractivity contribution < 1.29 is 9.53 Å². The highest BCUT2D eigenvalue weighted by atomic mass is 32.1. The molecule has 4 heteroatoms. The minimum atomic E-state index is -0.155. The fourth-order valence-corrected chi connectivity index (χ4v) is 3.77. The van der Waals surface area contributed by atoms with E-state index in [1.54, 1.807) is 0 Å². The van der Waals surface area contributed by atoms with E-state index < -0.39 is 0 Å². The van der Waals surface area contributed by atoms with Crippen molar-refractivity contribution in [3.05, 3.63) is 35.9 Å². The van der Waals surface area contributed by atoms with Crippen LogP contribution in [0.15, 0.2) is 30.3 Å². The second kappa shape index (κ2) is 6.78. The zero-order valence-corrected chi connectivity index (χ0v) is 14.6. The fraction of sp³-hybridized carbons (Fsp3) is 0.556. The van der Waals surface area contributed by atoms with Gasteiger partial charge in [-0.15, -0.1) is 0 Å². The molecule has 1 saturated carbocycles. The summed E-state index contributed by atoms with van der Waals surface area (Å²) in [5.41, 5.74) is 1.18. The van der Waals surface area contributed by atoms with Crippen molar-refractivity contribution in [3.8, 4) is 0 Å². The summed E-state index contributed by atoms with van der Waals surface area (Å²) in [6.45, 7) is 6.24. The molecule has 0 amide bonds. The van der Waals surface area contributed by atoms with Crippen LogP contribution in [0.1, 0.15) is 45.1 Å². The van der Waals surface area contributed by atoms with Crippen molar-refractivity contribution in [1.82, 2.24) is 5.32 Å². The number of carbonyl (C=O) groups is 1. The third-order valence-corrected chi connectivity index (χ3v) is 4.58. The van der Waals surface area contributed by atoms with Gasteiger partial charge in [-0.3, -0.25) is 4.79 Å². The van der Waals surface area contributed by atoms with E-state index in [9.17, 15) is 4.79 Å². The number of hydrogen-bond acceptors (Lipinski definition) is 3. The maximum atomic E-state index is 12.2. The second-order valence-electron chi connectivity index (χ2n) is 7.05. The Morgan fingerprint density at radius 3 is 2.32 bits per heavy atom. The zero-order valence-electron chi connectivity index (χ0n) is 13.8. The van der Waals surface area contributed by atoms with Gasteiger partial charge >= 0.3 is 5.97 Å². The van der Waals surface area contributed by atoms with Crippen LogP contribution in [0.4, 0.5) is 0 Å². The van der Waals surface area contributed by atoms with Crippen LogP contribution in [0.5, 0.6) is 0 Å². The van der Waals surface area contributed by atoms with Crippen molar-refractivity contribution in [2.45, 2.75) is 45.1 Å². The highest BCUT2D eigenvalue weighted by molar-refractivity contribution is 7.80. The normalized spacial score (nSPS) is 24.8. The molecule has 0 heterocycles. The summed E-state index contributed by atoms with van der Waals surface area (Å²) < 4.78 is 5.00. The lowest BCUT2D eigenvalue weighted by atomic mass is 9.94. The molecule has 3 atom stereocenters. The number of ether oxygens (including phenoxy) is 1. The molecule has 0 saturated heterocycles. The van der Waals surface area contributed by atoms with Gasteiger partial charge in [0.05, 0.1) is 18.0 Å². The van der Waals surface area contributed by atoms with Crippen molar-refractivity contribution >= 4 is 23.2 Å². The molecule has 0 aromatic heterocycles. The average Bonchev–Trinajstić information content (AvgIpc) is 2.91. The van der Waals surface area contributed by atoms with E-state index in [-0.39, 0.29) is 23.3 Å². The third kappa shape index (κ3) is 4.07. The van der Waals surface area contributed by atoms with E-state index in [4.69, 9.17) is 17.0 Å². The van der Waals surface area contributed by atoms with Gasteiger partial charge in [-0.1, -0.05) is 42.5 Å². The first kappa shape index (κ1) is 16.9. The number of thiocarbonyl (C=S) groups is 1. The van der Waals surface area contributed by atoms with E-state index in [0.717, 1.165) is 17.8 Å². The van der Waals surface area contributed by atoms with Crippen molar-refractivity contribution in [2.75, 3.05) is 7.11 Å². The van der Waals surface area contributed by atoms with Crippen molar-refractivity contribution in [3.63, 3.8) is 0 Å². The molecular formula is C18H25NO2S. The highest BCUT2D eigenvalue weighted by Crippen LogP contribution is 2.43. The Labute approximate surface area is 138 Å². The smallest absolute Gasteiger partial charge is 0.309 e. The van der Waals surface area contributed by atoms with E-state index in [1.807, 2.05) is 18.2 Å². The van der Waals surface area contributed by atoms with Crippen LogP contribution in [0.2, 0.25) is 0 Å². The number of nitrogens with one attached hydrogen (secondary N) is 1. The molecule has 1 aromatic rings. The quantitative estimate of drug-likeness (QED) is 0.681. The molecule has 1 aliphatic carbocycles. The molecule has 0 spiro atoms. The summed E-state index contributed by atoms with van der Waals surface area (Å²) in [6, 6.07) is 10.4. The molecule has 1 fully saturated rings.